The number of hydroxylamine groups is 2. The molecule has 1 saturated carbocycles. The van der Waals surface area contributed by atoms with Crippen LogP contribution in [0.3, 0.4) is 0 Å². The average molecular weight is 254 g/mol. The van der Waals surface area contributed by atoms with E-state index in [1.54, 1.807) is 0 Å². The molecule has 1 radical (unpaired) electrons. The minimum absolute atomic E-state index is 0.0467. The van der Waals surface area contributed by atoms with Crippen LogP contribution >= 0.6 is 0 Å². The highest BCUT2D eigenvalue weighted by Gasteiger charge is 2.46. The van der Waals surface area contributed by atoms with Gasteiger partial charge in [-0.15, -0.1) is 0 Å². The minimum atomic E-state index is -0.940. The van der Waals surface area contributed by atoms with Gasteiger partial charge < -0.3 is 5.11 Å². The third kappa shape index (κ3) is 2.89. The second-order valence-corrected chi connectivity index (χ2v) is 7.21. The number of rotatable bonds is 2. The zero-order valence-electron chi connectivity index (χ0n) is 12.3. The van der Waals surface area contributed by atoms with E-state index >= 15 is 0 Å². The summed E-state index contributed by atoms with van der Waals surface area (Å²) in [6, 6.07) is 0. The molecule has 2 aliphatic rings. The molecule has 1 aliphatic carbocycles. The fraction of sp³-hybridized carbons (Fsp3) is 0.933. The van der Waals surface area contributed by atoms with Crippen LogP contribution in [0.4, 0.5) is 0 Å². The maximum Gasteiger partial charge on any atom is 0.185 e. The number of hydrogen-bond acceptors (Lipinski definition) is 3. The van der Waals surface area contributed by atoms with E-state index in [0.717, 1.165) is 38.5 Å². The largest absolute Gasteiger partial charge is 0.364 e. The molecule has 0 unspecified atom stereocenters. The van der Waals surface area contributed by atoms with Gasteiger partial charge in [-0.1, -0.05) is 6.42 Å². The van der Waals surface area contributed by atoms with E-state index in [1.165, 1.54) is 6.42 Å². The van der Waals surface area contributed by atoms with Gasteiger partial charge in [0.2, 0.25) is 0 Å². The molecule has 18 heavy (non-hydrogen) atoms. The topological polar surface area (TPSA) is 32.7 Å². The summed E-state index contributed by atoms with van der Waals surface area (Å²) in [5.41, 5.74) is -0.0934. The summed E-state index contributed by atoms with van der Waals surface area (Å²) in [5.74, 6) is -0.940. The van der Waals surface area contributed by atoms with E-state index < -0.39 is 5.79 Å². The standard InChI is InChI=1S/C15H28NO2/c1-13(2)9-8-10-14(3,4)16(13)18-15(17)11-6-5-7-12-15/h8,17H,5-7,9-12H2,1-4H3. The third-order valence-electron chi connectivity index (χ3n) is 4.28. The van der Waals surface area contributed by atoms with Gasteiger partial charge in [0.05, 0.1) is 0 Å². The van der Waals surface area contributed by atoms with Crippen molar-refractivity contribution in [2.75, 3.05) is 0 Å². The predicted octanol–water partition coefficient (Wildman–Crippen LogP) is 3.43. The fourth-order valence-electron chi connectivity index (χ4n) is 3.38. The fourth-order valence-corrected chi connectivity index (χ4v) is 3.38. The van der Waals surface area contributed by atoms with Crippen LogP contribution < -0.4 is 0 Å². The molecule has 1 N–H and O–H groups in total. The zero-order valence-corrected chi connectivity index (χ0v) is 12.3. The highest BCUT2D eigenvalue weighted by molar-refractivity contribution is 5.00. The van der Waals surface area contributed by atoms with Gasteiger partial charge in [-0.05, 0) is 59.8 Å². The molecule has 0 aromatic carbocycles. The first-order valence-corrected chi connectivity index (χ1v) is 7.29. The lowest BCUT2D eigenvalue weighted by Gasteiger charge is -2.54. The van der Waals surface area contributed by atoms with Gasteiger partial charge in [0, 0.05) is 23.9 Å². The Morgan fingerprint density at radius 3 is 1.94 bits per heavy atom. The SMILES string of the molecule is CC1(C)C[CH]CC(C)(C)N1OC1(O)CCCCC1. The Kier molecular flexibility index (Phi) is 3.79. The summed E-state index contributed by atoms with van der Waals surface area (Å²) >= 11 is 0. The number of nitrogens with zero attached hydrogens (tertiary/aromatic N) is 1. The molecule has 0 aromatic rings. The van der Waals surface area contributed by atoms with Gasteiger partial charge >= 0.3 is 0 Å². The second kappa shape index (κ2) is 4.77. The van der Waals surface area contributed by atoms with Crippen molar-refractivity contribution in [1.82, 2.24) is 5.06 Å². The van der Waals surface area contributed by atoms with Gasteiger partial charge in [0.15, 0.2) is 5.79 Å². The highest BCUT2D eigenvalue weighted by Crippen LogP contribution is 2.41. The number of hydrogen-bond donors (Lipinski definition) is 1. The van der Waals surface area contributed by atoms with Crippen LogP contribution in [0.1, 0.15) is 72.6 Å². The normalized spacial score (nSPS) is 31.2. The molecule has 1 aliphatic heterocycles. The zero-order chi connectivity index (χ0) is 13.4. The molecule has 3 nitrogen and oxygen atoms in total. The van der Waals surface area contributed by atoms with Crippen molar-refractivity contribution in [1.29, 1.82) is 0 Å². The second-order valence-electron chi connectivity index (χ2n) is 7.21. The Bertz CT molecular complexity index is 277. The summed E-state index contributed by atoms with van der Waals surface area (Å²) in [4.78, 5) is 6.12. The Labute approximate surface area is 111 Å². The number of piperidine rings is 1. The first-order valence-electron chi connectivity index (χ1n) is 7.29. The van der Waals surface area contributed by atoms with Crippen molar-refractivity contribution in [3.05, 3.63) is 6.42 Å². The van der Waals surface area contributed by atoms with E-state index in [2.05, 4.69) is 39.2 Å². The lowest BCUT2D eigenvalue weighted by Crippen LogP contribution is -2.61. The van der Waals surface area contributed by atoms with Crippen LogP contribution in [-0.2, 0) is 4.84 Å². The molecule has 2 rings (SSSR count). The van der Waals surface area contributed by atoms with Gasteiger partial charge in [-0.25, -0.2) is 0 Å². The van der Waals surface area contributed by atoms with Crippen molar-refractivity contribution in [3.8, 4) is 0 Å². The maximum absolute atomic E-state index is 10.6. The molecule has 0 amide bonds. The van der Waals surface area contributed by atoms with Crippen LogP contribution in [0.25, 0.3) is 0 Å². The van der Waals surface area contributed by atoms with Crippen LogP contribution in [-0.4, -0.2) is 27.0 Å². The summed E-state index contributed by atoms with van der Waals surface area (Å²) in [6.07, 6.45) is 9.23. The minimum Gasteiger partial charge on any atom is -0.364 e. The van der Waals surface area contributed by atoms with Crippen LogP contribution in [0.5, 0.6) is 0 Å². The molecule has 0 spiro atoms. The first-order chi connectivity index (χ1) is 8.25. The summed E-state index contributed by atoms with van der Waals surface area (Å²) < 4.78 is 0. The average Bonchev–Trinajstić information content (AvgIpc) is 2.24. The lowest BCUT2D eigenvalue weighted by molar-refractivity contribution is -0.394. The quantitative estimate of drug-likeness (QED) is 0.766. The lowest BCUT2D eigenvalue weighted by atomic mass is 9.82. The van der Waals surface area contributed by atoms with Gasteiger partial charge in [0.1, 0.15) is 0 Å². The van der Waals surface area contributed by atoms with Crippen molar-refractivity contribution in [3.63, 3.8) is 0 Å². The van der Waals surface area contributed by atoms with Gasteiger partial charge in [0.25, 0.3) is 0 Å². The van der Waals surface area contributed by atoms with E-state index in [4.69, 9.17) is 4.84 Å². The van der Waals surface area contributed by atoms with E-state index in [0.29, 0.717) is 0 Å². The van der Waals surface area contributed by atoms with E-state index in [9.17, 15) is 5.11 Å². The molecule has 1 saturated heterocycles. The molecular formula is C15H28NO2. The summed E-state index contributed by atoms with van der Waals surface area (Å²) in [6.45, 7) is 8.76. The van der Waals surface area contributed by atoms with E-state index in [-0.39, 0.29) is 11.1 Å². The smallest absolute Gasteiger partial charge is 0.185 e. The Morgan fingerprint density at radius 2 is 1.44 bits per heavy atom. The van der Waals surface area contributed by atoms with Crippen LogP contribution in [0.15, 0.2) is 0 Å². The monoisotopic (exact) mass is 254 g/mol. The first kappa shape index (κ1) is 14.3. The maximum atomic E-state index is 10.6. The molecule has 2 fully saturated rings. The number of aliphatic hydroxyl groups is 1. The molecule has 3 heteroatoms. The molecule has 1 heterocycles. The van der Waals surface area contributed by atoms with Crippen LogP contribution in [0.2, 0.25) is 0 Å². The van der Waals surface area contributed by atoms with Gasteiger partial charge in [-0.2, -0.15) is 5.06 Å². The van der Waals surface area contributed by atoms with Crippen molar-refractivity contribution in [2.45, 2.75) is 89.5 Å². The molecule has 0 aromatic heterocycles. The van der Waals surface area contributed by atoms with Gasteiger partial charge in [-0.3, -0.25) is 4.84 Å². The Morgan fingerprint density at radius 1 is 0.944 bits per heavy atom. The summed E-state index contributed by atoms with van der Waals surface area (Å²) in [7, 11) is 0. The van der Waals surface area contributed by atoms with Crippen molar-refractivity contribution in [2.24, 2.45) is 0 Å². The van der Waals surface area contributed by atoms with Crippen molar-refractivity contribution >= 4 is 0 Å². The van der Waals surface area contributed by atoms with Crippen molar-refractivity contribution < 1.29 is 9.94 Å². The molecule has 0 bridgehead atoms. The Hall–Kier alpha value is -0.120. The predicted molar refractivity (Wildman–Crippen MR) is 72.7 cm³/mol. The summed E-state index contributed by atoms with van der Waals surface area (Å²) in [5, 5.41) is 12.7. The van der Waals surface area contributed by atoms with E-state index in [1.807, 2.05) is 0 Å². The molecule has 105 valence electrons. The molecular weight excluding hydrogens is 226 g/mol. The third-order valence-corrected chi connectivity index (χ3v) is 4.28. The van der Waals surface area contributed by atoms with Crippen LogP contribution in [0, 0.1) is 6.42 Å². The molecule has 0 atom stereocenters. The highest BCUT2D eigenvalue weighted by atomic mass is 16.8. The Balaban J connectivity index is 2.13.